The Morgan fingerprint density at radius 1 is 0.870 bits per heavy atom. The van der Waals surface area contributed by atoms with Crippen molar-refractivity contribution in [3.05, 3.63) is 54.1 Å². The van der Waals surface area contributed by atoms with E-state index in [2.05, 4.69) is 36.2 Å². The average Bonchev–Trinajstić information content (AvgIpc) is 2.60. The molecular weight excluding hydrogens is 284 g/mol. The predicted molar refractivity (Wildman–Crippen MR) is 96.0 cm³/mol. The van der Waals surface area contributed by atoms with E-state index >= 15 is 0 Å². The summed E-state index contributed by atoms with van der Waals surface area (Å²) >= 11 is 0. The van der Waals surface area contributed by atoms with E-state index in [0.717, 1.165) is 29.5 Å². The van der Waals surface area contributed by atoms with Crippen LogP contribution in [0.1, 0.15) is 39.2 Å². The highest BCUT2D eigenvalue weighted by Gasteiger charge is 2.00. The molecule has 0 aliphatic rings. The predicted octanol–water partition coefficient (Wildman–Crippen LogP) is 6.48. The highest BCUT2D eigenvalue weighted by Crippen LogP contribution is 2.22. The summed E-state index contributed by atoms with van der Waals surface area (Å²) in [5.41, 5.74) is 3.07. The first kappa shape index (κ1) is 17.2. The number of aryl methyl sites for hydroxylation is 1. The molecule has 0 fully saturated rings. The zero-order valence-electron chi connectivity index (χ0n) is 14.3. The third-order valence-electron chi connectivity index (χ3n) is 3.99. The SMILES string of the molecule is CCOc1ccc(N=Nc2ccc(CC[C@H](C)CC)cc2)cc1. The van der Waals surface area contributed by atoms with Gasteiger partial charge in [-0.05, 0) is 67.6 Å². The summed E-state index contributed by atoms with van der Waals surface area (Å²) in [5.74, 6) is 1.64. The summed E-state index contributed by atoms with van der Waals surface area (Å²) in [6.45, 7) is 7.19. The van der Waals surface area contributed by atoms with Crippen LogP contribution in [0.2, 0.25) is 0 Å². The van der Waals surface area contributed by atoms with Gasteiger partial charge in [-0.1, -0.05) is 32.4 Å². The van der Waals surface area contributed by atoms with Crippen molar-refractivity contribution in [2.45, 2.75) is 40.0 Å². The first-order valence-electron chi connectivity index (χ1n) is 8.44. The summed E-state index contributed by atoms with van der Waals surface area (Å²) < 4.78 is 5.41. The third-order valence-corrected chi connectivity index (χ3v) is 3.99. The lowest BCUT2D eigenvalue weighted by Gasteiger charge is -2.07. The molecule has 0 bridgehead atoms. The van der Waals surface area contributed by atoms with Crippen LogP contribution in [-0.4, -0.2) is 6.61 Å². The van der Waals surface area contributed by atoms with Crippen LogP contribution in [0.25, 0.3) is 0 Å². The van der Waals surface area contributed by atoms with Crippen molar-refractivity contribution in [1.29, 1.82) is 0 Å². The molecule has 0 aliphatic heterocycles. The van der Waals surface area contributed by atoms with E-state index in [9.17, 15) is 0 Å². The van der Waals surface area contributed by atoms with Gasteiger partial charge < -0.3 is 4.74 Å². The van der Waals surface area contributed by atoms with Crippen LogP contribution >= 0.6 is 0 Å². The molecule has 0 saturated heterocycles. The van der Waals surface area contributed by atoms with Crippen LogP contribution < -0.4 is 4.74 Å². The lowest BCUT2D eigenvalue weighted by Crippen LogP contribution is -1.94. The zero-order chi connectivity index (χ0) is 16.5. The van der Waals surface area contributed by atoms with Gasteiger partial charge in [0, 0.05) is 0 Å². The number of rotatable bonds is 8. The molecule has 0 amide bonds. The Bertz CT molecular complexity index is 603. The molecule has 2 aromatic rings. The maximum Gasteiger partial charge on any atom is 0.119 e. The van der Waals surface area contributed by atoms with E-state index in [1.165, 1.54) is 18.4 Å². The fourth-order valence-electron chi connectivity index (χ4n) is 2.24. The van der Waals surface area contributed by atoms with Gasteiger partial charge in [0.15, 0.2) is 0 Å². The molecular formula is C20H26N2O. The van der Waals surface area contributed by atoms with Gasteiger partial charge in [-0.2, -0.15) is 10.2 Å². The molecule has 1 atom stereocenters. The minimum absolute atomic E-state index is 0.671. The second-order valence-electron chi connectivity index (χ2n) is 5.85. The summed E-state index contributed by atoms with van der Waals surface area (Å²) in [5, 5.41) is 8.55. The van der Waals surface area contributed by atoms with Gasteiger partial charge in [0.25, 0.3) is 0 Å². The molecule has 23 heavy (non-hydrogen) atoms. The average molecular weight is 310 g/mol. The van der Waals surface area contributed by atoms with E-state index < -0.39 is 0 Å². The monoisotopic (exact) mass is 310 g/mol. The maximum atomic E-state index is 5.41. The summed E-state index contributed by atoms with van der Waals surface area (Å²) in [4.78, 5) is 0. The van der Waals surface area contributed by atoms with Crippen LogP contribution in [0.15, 0.2) is 58.8 Å². The number of ether oxygens (including phenoxy) is 1. The van der Waals surface area contributed by atoms with E-state index in [-0.39, 0.29) is 0 Å². The van der Waals surface area contributed by atoms with E-state index in [1.54, 1.807) is 0 Å². The molecule has 3 heteroatoms. The molecule has 0 heterocycles. The molecule has 0 aromatic heterocycles. The van der Waals surface area contributed by atoms with Crippen molar-refractivity contribution in [3.63, 3.8) is 0 Å². The van der Waals surface area contributed by atoms with Gasteiger partial charge in [-0.3, -0.25) is 0 Å². The number of azo groups is 1. The Morgan fingerprint density at radius 3 is 1.96 bits per heavy atom. The molecule has 122 valence electrons. The van der Waals surface area contributed by atoms with Crippen LogP contribution in [0.4, 0.5) is 11.4 Å². The first-order valence-corrected chi connectivity index (χ1v) is 8.44. The second kappa shape index (κ2) is 9.09. The van der Waals surface area contributed by atoms with Crippen molar-refractivity contribution < 1.29 is 4.74 Å². The normalized spacial score (nSPS) is 12.5. The highest BCUT2D eigenvalue weighted by atomic mass is 16.5. The van der Waals surface area contributed by atoms with Gasteiger partial charge in [0.05, 0.1) is 18.0 Å². The van der Waals surface area contributed by atoms with E-state index in [4.69, 9.17) is 4.74 Å². The van der Waals surface area contributed by atoms with E-state index in [0.29, 0.717) is 6.61 Å². The molecule has 0 saturated carbocycles. The summed E-state index contributed by atoms with van der Waals surface area (Å²) in [7, 11) is 0. The van der Waals surface area contributed by atoms with Crippen molar-refractivity contribution in [2.75, 3.05) is 6.61 Å². The molecule has 0 spiro atoms. The maximum absolute atomic E-state index is 5.41. The van der Waals surface area contributed by atoms with Crippen LogP contribution in [0.3, 0.4) is 0 Å². The van der Waals surface area contributed by atoms with Gasteiger partial charge in [0.2, 0.25) is 0 Å². The van der Waals surface area contributed by atoms with Crippen LogP contribution in [0.5, 0.6) is 5.75 Å². The van der Waals surface area contributed by atoms with Gasteiger partial charge in [0.1, 0.15) is 5.75 Å². The highest BCUT2D eigenvalue weighted by molar-refractivity contribution is 5.43. The standard InChI is InChI=1S/C20H26N2O/c1-4-16(3)6-7-17-8-10-18(11-9-17)21-22-19-12-14-20(15-13-19)23-5-2/h8-16H,4-7H2,1-3H3/t16-/m1/s1. The zero-order valence-corrected chi connectivity index (χ0v) is 14.3. The molecule has 0 N–H and O–H groups in total. The lowest BCUT2D eigenvalue weighted by atomic mass is 9.99. The van der Waals surface area contributed by atoms with Gasteiger partial charge in [-0.15, -0.1) is 0 Å². The Labute approximate surface area is 139 Å². The Kier molecular flexibility index (Phi) is 6.79. The van der Waals surface area contributed by atoms with Crippen LogP contribution in [-0.2, 0) is 6.42 Å². The molecule has 0 aliphatic carbocycles. The molecule has 0 unspecified atom stereocenters. The fourth-order valence-corrected chi connectivity index (χ4v) is 2.24. The van der Waals surface area contributed by atoms with Crippen molar-refractivity contribution in [3.8, 4) is 5.75 Å². The minimum atomic E-state index is 0.671. The van der Waals surface area contributed by atoms with Gasteiger partial charge >= 0.3 is 0 Å². The largest absolute Gasteiger partial charge is 0.494 e. The molecule has 3 nitrogen and oxygen atoms in total. The van der Waals surface area contributed by atoms with Crippen molar-refractivity contribution >= 4 is 11.4 Å². The van der Waals surface area contributed by atoms with E-state index in [1.807, 2.05) is 43.3 Å². The third kappa shape index (κ3) is 5.85. The van der Waals surface area contributed by atoms with Crippen molar-refractivity contribution in [1.82, 2.24) is 0 Å². The number of hydrogen-bond donors (Lipinski definition) is 0. The Balaban J connectivity index is 1.92. The lowest BCUT2D eigenvalue weighted by molar-refractivity contribution is 0.340. The number of hydrogen-bond acceptors (Lipinski definition) is 3. The molecule has 0 radical (unpaired) electrons. The smallest absolute Gasteiger partial charge is 0.119 e. The quantitative estimate of drug-likeness (QED) is 0.514. The number of nitrogens with zero attached hydrogens (tertiary/aromatic N) is 2. The minimum Gasteiger partial charge on any atom is -0.494 e. The molecule has 2 aromatic carbocycles. The second-order valence-corrected chi connectivity index (χ2v) is 5.85. The van der Waals surface area contributed by atoms with Gasteiger partial charge in [-0.25, -0.2) is 0 Å². The fraction of sp³-hybridized carbons (Fsp3) is 0.400. The number of benzene rings is 2. The molecule has 2 rings (SSSR count). The summed E-state index contributed by atoms with van der Waals surface area (Å²) in [6, 6.07) is 16.0. The summed E-state index contributed by atoms with van der Waals surface area (Å²) in [6.07, 6.45) is 3.61. The topological polar surface area (TPSA) is 34.0 Å². The van der Waals surface area contributed by atoms with Crippen LogP contribution in [0, 0.1) is 5.92 Å². The Hall–Kier alpha value is -2.16. The Morgan fingerprint density at radius 2 is 1.43 bits per heavy atom. The van der Waals surface area contributed by atoms with Crippen molar-refractivity contribution in [2.24, 2.45) is 16.1 Å². The first-order chi connectivity index (χ1) is 11.2.